The van der Waals surface area contributed by atoms with Gasteiger partial charge in [-0.05, 0) is 34.1 Å². The Morgan fingerprint density at radius 1 is 1.47 bits per heavy atom. The van der Waals surface area contributed by atoms with Gasteiger partial charge in [-0.1, -0.05) is 11.6 Å². The highest BCUT2D eigenvalue weighted by Crippen LogP contribution is 2.26. The molecule has 2 nitrogen and oxygen atoms in total. The number of thiazole rings is 1. The van der Waals surface area contributed by atoms with Crippen LogP contribution in [-0.2, 0) is 6.54 Å². The first kappa shape index (κ1) is 10.9. The predicted octanol–water partition coefficient (Wildman–Crippen LogP) is 4.17. The third-order valence-electron chi connectivity index (χ3n) is 1.87. The molecule has 0 bridgehead atoms. The van der Waals surface area contributed by atoms with Crippen LogP contribution in [0.3, 0.4) is 0 Å². The molecule has 0 saturated heterocycles. The molecule has 1 heterocycles. The molecular weight excluding hydrogens is 296 g/mol. The van der Waals surface area contributed by atoms with Crippen molar-refractivity contribution in [3.8, 4) is 0 Å². The van der Waals surface area contributed by atoms with Crippen molar-refractivity contribution in [2.24, 2.45) is 0 Å². The van der Waals surface area contributed by atoms with Crippen molar-refractivity contribution in [2.45, 2.75) is 6.54 Å². The Morgan fingerprint density at radius 2 is 2.33 bits per heavy atom. The summed E-state index contributed by atoms with van der Waals surface area (Å²) < 4.78 is 0.963. The Bertz CT molecular complexity index is 445. The van der Waals surface area contributed by atoms with Crippen molar-refractivity contribution in [1.29, 1.82) is 0 Å². The number of benzene rings is 1. The summed E-state index contributed by atoms with van der Waals surface area (Å²) in [6.45, 7) is 0.726. The van der Waals surface area contributed by atoms with Crippen molar-refractivity contribution in [3.05, 3.63) is 44.3 Å². The normalized spacial score (nSPS) is 10.3. The first-order valence-electron chi connectivity index (χ1n) is 4.31. The maximum atomic E-state index is 5.85. The molecule has 1 aromatic heterocycles. The molecule has 0 aliphatic rings. The lowest BCUT2D eigenvalue weighted by Gasteiger charge is -2.06. The van der Waals surface area contributed by atoms with E-state index in [9.17, 15) is 0 Å². The van der Waals surface area contributed by atoms with E-state index < -0.39 is 0 Å². The third kappa shape index (κ3) is 2.93. The van der Waals surface area contributed by atoms with Gasteiger partial charge in [0.1, 0.15) is 0 Å². The molecule has 0 aliphatic carbocycles. The second-order valence-electron chi connectivity index (χ2n) is 2.96. The first-order chi connectivity index (χ1) is 7.25. The number of nitrogens with zero attached hydrogens (tertiary/aromatic N) is 1. The first-order valence-corrected chi connectivity index (χ1v) is 6.43. The zero-order chi connectivity index (χ0) is 10.7. The van der Waals surface area contributed by atoms with Crippen LogP contribution in [-0.4, -0.2) is 4.98 Å². The molecule has 0 unspecified atom stereocenters. The molecule has 0 amide bonds. The van der Waals surface area contributed by atoms with E-state index in [1.807, 2.05) is 29.1 Å². The molecule has 0 radical (unpaired) electrons. The van der Waals surface area contributed by atoms with Crippen molar-refractivity contribution in [1.82, 2.24) is 4.98 Å². The summed E-state index contributed by atoms with van der Waals surface area (Å²) in [6.07, 6.45) is 0. The SMILES string of the molecule is Clc1ccc(NCc2cscn2)c(Br)c1. The van der Waals surface area contributed by atoms with E-state index in [-0.39, 0.29) is 0 Å². The van der Waals surface area contributed by atoms with Crippen LogP contribution in [0, 0.1) is 0 Å². The van der Waals surface area contributed by atoms with Gasteiger partial charge in [0.15, 0.2) is 0 Å². The summed E-state index contributed by atoms with van der Waals surface area (Å²) in [5.74, 6) is 0. The van der Waals surface area contributed by atoms with Crippen LogP contribution in [0.4, 0.5) is 5.69 Å². The zero-order valence-electron chi connectivity index (χ0n) is 7.71. The second kappa shape index (κ2) is 4.96. The second-order valence-corrected chi connectivity index (χ2v) is 4.97. The van der Waals surface area contributed by atoms with Gasteiger partial charge in [0.2, 0.25) is 0 Å². The van der Waals surface area contributed by atoms with Crippen LogP contribution >= 0.6 is 38.9 Å². The fraction of sp³-hybridized carbons (Fsp3) is 0.100. The summed E-state index contributed by atoms with van der Waals surface area (Å²) in [4.78, 5) is 4.19. The summed E-state index contributed by atoms with van der Waals surface area (Å²) >= 11 is 10.9. The van der Waals surface area contributed by atoms with Crippen LogP contribution in [0.5, 0.6) is 0 Å². The molecule has 1 N–H and O–H groups in total. The highest BCUT2D eigenvalue weighted by Gasteiger charge is 2.00. The molecule has 0 aliphatic heterocycles. The maximum Gasteiger partial charge on any atom is 0.0795 e. The van der Waals surface area contributed by atoms with Gasteiger partial charge in [-0.25, -0.2) is 4.98 Å². The van der Waals surface area contributed by atoms with Gasteiger partial charge in [-0.15, -0.1) is 11.3 Å². The number of aromatic nitrogens is 1. The number of rotatable bonds is 3. The van der Waals surface area contributed by atoms with Gasteiger partial charge in [0, 0.05) is 20.6 Å². The number of anilines is 1. The van der Waals surface area contributed by atoms with Crippen LogP contribution in [0.15, 0.2) is 33.6 Å². The molecule has 0 saturated carbocycles. The van der Waals surface area contributed by atoms with Gasteiger partial charge in [0.05, 0.1) is 17.7 Å². The standard InChI is InChI=1S/C10H8BrClN2S/c11-9-3-7(12)1-2-10(9)13-4-8-5-15-6-14-8/h1-3,5-6,13H,4H2. The van der Waals surface area contributed by atoms with E-state index in [2.05, 4.69) is 26.2 Å². The third-order valence-corrected chi connectivity index (χ3v) is 3.40. The maximum absolute atomic E-state index is 5.85. The minimum atomic E-state index is 0.723. The van der Waals surface area contributed by atoms with Crippen LogP contribution in [0.2, 0.25) is 5.02 Å². The van der Waals surface area contributed by atoms with E-state index >= 15 is 0 Å². The van der Waals surface area contributed by atoms with E-state index in [0.717, 1.165) is 27.4 Å². The summed E-state index contributed by atoms with van der Waals surface area (Å²) in [6, 6.07) is 5.67. The number of halogens is 2. The van der Waals surface area contributed by atoms with Crippen molar-refractivity contribution < 1.29 is 0 Å². The monoisotopic (exact) mass is 302 g/mol. The molecule has 0 spiro atoms. The Labute approximate surface area is 105 Å². The van der Waals surface area contributed by atoms with Crippen molar-refractivity contribution >= 4 is 44.6 Å². The predicted molar refractivity (Wildman–Crippen MR) is 68.6 cm³/mol. The molecule has 1 aromatic carbocycles. The van der Waals surface area contributed by atoms with Gasteiger partial charge in [0.25, 0.3) is 0 Å². The highest BCUT2D eigenvalue weighted by atomic mass is 79.9. The average molecular weight is 304 g/mol. The fourth-order valence-corrected chi connectivity index (χ4v) is 2.52. The van der Waals surface area contributed by atoms with Gasteiger partial charge < -0.3 is 5.32 Å². The molecular formula is C10H8BrClN2S. The summed E-state index contributed by atoms with van der Waals surface area (Å²) in [5.41, 5.74) is 3.89. The van der Waals surface area contributed by atoms with Gasteiger partial charge in [-0.3, -0.25) is 0 Å². The average Bonchev–Trinajstić information content (AvgIpc) is 2.69. The minimum absolute atomic E-state index is 0.723. The highest BCUT2D eigenvalue weighted by molar-refractivity contribution is 9.10. The smallest absolute Gasteiger partial charge is 0.0795 e. The zero-order valence-corrected chi connectivity index (χ0v) is 10.9. The molecule has 5 heteroatoms. The molecule has 2 aromatic rings. The number of nitrogens with one attached hydrogen (secondary N) is 1. The summed E-state index contributed by atoms with van der Waals surface area (Å²) in [5, 5.41) is 6.03. The Kier molecular flexibility index (Phi) is 3.61. The lowest BCUT2D eigenvalue weighted by atomic mass is 10.3. The number of hydrogen-bond acceptors (Lipinski definition) is 3. The van der Waals surface area contributed by atoms with Crippen LogP contribution in [0.1, 0.15) is 5.69 Å². The largest absolute Gasteiger partial charge is 0.378 e. The molecule has 15 heavy (non-hydrogen) atoms. The molecule has 0 fully saturated rings. The van der Waals surface area contributed by atoms with Crippen molar-refractivity contribution in [2.75, 3.05) is 5.32 Å². The molecule has 2 rings (SSSR count). The Hall–Kier alpha value is -0.580. The van der Waals surface area contributed by atoms with Gasteiger partial charge in [-0.2, -0.15) is 0 Å². The fourth-order valence-electron chi connectivity index (χ4n) is 1.14. The lowest BCUT2D eigenvalue weighted by molar-refractivity contribution is 1.07. The van der Waals surface area contributed by atoms with E-state index in [4.69, 9.17) is 11.6 Å². The van der Waals surface area contributed by atoms with Gasteiger partial charge >= 0.3 is 0 Å². The number of hydrogen-bond donors (Lipinski definition) is 1. The van der Waals surface area contributed by atoms with Crippen molar-refractivity contribution in [3.63, 3.8) is 0 Å². The lowest BCUT2D eigenvalue weighted by Crippen LogP contribution is -1.99. The van der Waals surface area contributed by atoms with E-state index in [1.54, 1.807) is 11.3 Å². The van der Waals surface area contributed by atoms with E-state index in [0.29, 0.717) is 0 Å². The Morgan fingerprint density at radius 3 is 3.00 bits per heavy atom. The molecule has 0 atom stereocenters. The van der Waals surface area contributed by atoms with Crippen LogP contribution < -0.4 is 5.32 Å². The topological polar surface area (TPSA) is 24.9 Å². The minimum Gasteiger partial charge on any atom is -0.378 e. The molecule has 78 valence electrons. The summed E-state index contributed by atoms with van der Waals surface area (Å²) in [7, 11) is 0. The van der Waals surface area contributed by atoms with Crippen LogP contribution in [0.25, 0.3) is 0 Å². The Balaban J connectivity index is 2.05. The quantitative estimate of drug-likeness (QED) is 0.920. The van der Waals surface area contributed by atoms with E-state index in [1.165, 1.54) is 0 Å².